The molecule has 0 unspecified atom stereocenters. The van der Waals surface area contributed by atoms with Crippen LogP contribution in [0.1, 0.15) is 39.4 Å². The minimum absolute atomic E-state index is 0.238. The first-order valence-electron chi connectivity index (χ1n) is 8.64. The summed E-state index contributed by atoms with van der Waals surface area (Å²) >= 11 is 0. The van der Waals surface area contributed by atoms with Crippen LogP contribution < -0.4 is 9.47 Å². The summed E-state index contributed by atoms with van der Waals surface area (Å²) in [7, 11) is 3.23. The minimum atomic E-state index is 0.238. The van der Waals surface area contributed by atoms with Gasteiger partial charge in [-0.3, -0.25) is 4.90 Å². The van der Waals surface area contributed by atoms with Gasteiger partial charge in [0.15, 0.2) is 0 Å². The smallest absolute Gasteiger partial charge is 0.141 e. The van der Waals surface area contributed by atoms with E-state index in [0.717, 1.165) is 31.5 Å². The summed E-state index contributed by atoms with van der Waals surface area (Å²) in [6.45, 7) is 1.69. The molecule has 0 fully saturated rings. The van der Waals surface area contributed by atoms with Gasteiger partial charge in [0, 0.05) is 24.7 Å². The van der Waals surface area contributed by atoms with Gasteiger partial charge in [0.2, 0.25) is 0 Å². The van der Waals surface area contributed by atoms with Crippen LogP contribution in [0.5, 0.6) is 11.5 Å². The van der Waals surface area contributed by atoms with Crippen molar-refractivity contribution in [2.24, 2.45) is 0 Å². The number of rotatable bonds is 2. The third-order valence-electron chi connectivity index (χ3n) is 5.51. The minimum Gasteiger partial charge on any atom is -0.495 e. The highest BCUT2D eigenvalue weighted by atomic mass is 16.5. The topological polar surface area (TPSA) is 69.3 Å². The van der Waals surface area contributed by atoms with E-state index in [-0.39, 0.29) is 6.04 Å². The van der Waals surface area contributed by atoms with E-state index in [0.29, 0.717) is 22.6 Å². The molecule has 2 aromatic carbocycles. The Bertz CT molecular complexity index is 969. The van der Waals surface area contributed by atoms with Crippen molar-refractivity contribution in [1.82, 2.24) is 4.90 Å². The maximum absolute atomic E-state index is 9.44. The Morgan fingerprint density at radius 2 is 1.85 bits per heavy atom. The standard InChI is InChI=1S/C21H19N3O2/c1-25-20-9-14-5-6-24-12-18-13(3-4-15(10-22)21(18)26-2)8-19(24)17(14)7-16(20)11-23/h3-4,7,9,19H,5-6,8,12H2,1-2H3/t19-/m0/s1. The molecule has 0 aliphatic carbocycles. The molecule has 0 aromatic heterocycles. The third-order valence-corrected chi connectivity index (χ3v) is 5.51. The van der Waals surface area contributed by atoms with E-state index in [9.17, 15) is 10.5 Å². The molecule has 0 radical (unpaired) electrons. The van der Waals surface area contributed by atoms with Crippen LogP contribution in [0.3, 0.4) is 0 Å². The van der Waals surface area contributed by atoms with Gasteiger partial charge in [0.05, 0.1) is 25.3 Å². The normalized spacial score (nSPS) is 17.9. The molecule has 2 aliphatic heterocycles. The zero-order valence-corrected chi connectivity index (χ0v) is 14.9. The summed E-state index contributed by atoms with van der Waals surface area (Å²) in [5.41, 5.74) is 5.95. The first-order valence-corrected chi connectivity index (χ1v) is 8.64. The molecule has 2 heterocycles. The Balaban J connectivity index is 1.79. The third kappa shape index (κ3) is 2.41. The van der Waals surface area contributed by atoms with Crippen molar-refractivity contribution < 1.29 is 9.47 Å². The monoisotopic (exact) mass is 345 g/mol. The van der Waals surface area contributed by atoms with Crippen LogP contribution in [-0.2, 0) is 19.4 Å². The molecular weight excluding hydrogens is 326 g/mol. The first-order chi connectivity index (χ1) is 12.7. The first kappa shape index (κ1) is 16.4. The molecule has 2 aromatic rings. The molecule has 1 atom stereocenters. The lowest BCUT2D eigenvalue weighted by molar-refractivity contribution is 0.158. The van der Waals surface area contributed by atoms with Gasteiger partial charge in [-0.2, -0.15) is 10.5 Å². The number of methoxy groups -OCH3 is 2. The fourth-order valence-electron chi connectivity index (χ4n) is 4.23. The molecule has 130 valence electrons. The number of nitriles is 2. The molecule has 0 amide bonds. The highest BCUT2D eigenvalue weighted by Gasteiger charge is 2.34. The van der Waals surface area contributed by atoms with Gasteiger partial charge in [0.25, 0.3) is 0 Å². The average molecular weight is 345 g/mol. The van der Waals surface area contributed by atoms with Crippen LogP contribution in [0.4, 0.5) is 0 Å². The maximum Gasteiger partial charge on any atom is 0.141 e. The van der Waals surface area contributed by atoms with Gasteiger partial charge in [-0.05, 0) is 47.7 Å². The summed E-state index contributed by atoms with van der Waals surface area (Å²) in [6, 6.07) is 12.6. The van der Waals surface area contributed by atoms with Crippen molar-refractivity contribution in [3.8, 4) is 23.6 Å². The van der Waals surface area contributed by atoms with Crippen LogP contribution in [0.2, 0.25) is 0 Å². The number of ether oxygens (including phenoxy) is 2. The van der Waals surface area contributed by atoms with Gasteiger partial charge in [0.1, 0.15) is 23.6 Å². The largest absolute Gasteiger partial charge is 0.495 e. The molecule has 0 bridgehead atoms. The Kier molecular flexibility index (Phi) is 4.03. The van der Waals surface area contributed by atoms with Gasteiger partial charge in [-0.15, -0.1) is 0 Å². The van der Waals surface area contributed by atoms with Crippen molar-refractivity contribution in [1.29, 1.82) is 10.5 Å². The quantitative estimate of drug-likeness (QED) is 0.836. The second-order valence-corrected chi connectivity index (χ2v) is 6.70. The summed E-state index contributed by atoms with van der Waals surface area (Å²) in [4.78, 5) is 2.42. The fraction of sp³-hybridized carbons (Fsp3) is 0.333. The van der Waals surface area contributed by atoms with E-state index in [1.165, 1.54) is 16.7 Å². The molecular formula is C21H19N3O2. The summed E-state index contributed by atoms with van der Waals surface area (Å²) in [5, 5.41) is 18.8. The highest BCUT2D eigenvalue weighted by molar-refractivity contribution is 5.55. The van der Waals surface area contributed by atoms with Gasteiger partial charge in [-0.25, -0.2) is 0 Å². The highest BCUT2D eigenvalue weighted by Crippen LogP contribution is 2.42. The average Bonchev–Trinajstić information content (AvgIpc) is 2.70. The molecule has 0 saturated heterocycles. The molecule has 0 N–H and O–H groups in total. The number of fused-ring (bicyclic) bond motifs is 4. The van der Waals surface area contributed by atoms with Crippen molar-refractivity contribution in [2.45, 2.75) is 25.4 Å². The van der Waals surface area contributed by atoms with Gasteiger partial charge >= 0.3 is 0 Å². The molecule has 5 heteroatoms. The molecule has 0 saturated carbocycles. The van der Waals surface area contributed by atoms with Crippen molar-refractivity contribution in [3.05, 3.63) is 57.6 Å². The molecule has 0 spiro atoms. The lowest BCUT2D eigenvalue weighted by atomic mass is 9.82. The Morgan fingerprint density at radius 3 is 2.54 bits per heavy atom. The zero-order valence-electron chi connectivity index (χ0n) is 14.9. The fourth-order valence-corrected chi connectivity index (χ4v) is 4.23. The summed E-state index contributed by atoms with van der Waals surface area (Å²) in [5.74, 6) is 1.35. The summed E-state index contributed by atoms with van der Waals surface area (Å²) in [6.07, 6.45) is 1.77. The molecule has 2 aliphatic rings. The van der Waals surface area contributed by atoms with Gasteiger partial charge in [-0.1, -0.05) is 6.07 Å². The molecule has 26 heavy (non-hydrogen) atoms. The number of benzene rings is 2. The molecule has 5 nitrogen and oxygen atoms in total. The van der Waals surface area contributed by atoms with Crippen molar-refractivity contribution in [2.75, 3.05) is 20.8 Å². The van der Waals surface area contributed by atoms with E-state index in [1.807, 2.05) is 24.3 Å². The Hall–Kier alpha value is -3.02. The second-order valence-electron chi connectivity index (χ2n) is 6.70. The predicted octanol–water partition coefficient (Wildman–Crippen LogP) is 3.10. The van der Waals surface area contributed by atoms with Crippen molar-refractivity contribution in [3.63, 3.8) is 0 Å². The number of hydrogen-bond acceptors (Lipinski definition) is 5. The Morgan fingerprint density at radius 1 is 1.04 bits per heavy atom. The van der Waals surface area contributed by atoms with Crippen LogP contribution in [0.15, 0.2) is 24.3 Å². The van der Waals surface area contributed by atoms with Crippen LogP contribution in [0.25, 0.3) is 0 Å². The van der Waals surface area contributed by atoms with E-state index < -0.39 is 0 Å². The number of hydrogen-bond donors (Lipinski definition) is 0. The van der Waals surface area contributed by atoms with Crippen LogP contribution in [-0.4, -0.2) is 25.7 Å². The number of nitrogens with zero attached hydrogens (tertiary/aromatic N) is 3. The van der Waals surface area contributed by atoms with E-state index >= 15 is 0 Å². The lowest BCUT2D eigenvalue weighted by Gasteiger charge is -2.42. The van der Waals surface area contributed by atoms with Crippen molar-refractivity contribution >= 4 is 0 Å². The van der Waals surface area contributed by atoms with E-state index in [1.54, 1.807) is 14.2 Å². The van der Waals surface area contributed by atoms with E-state index in [2.05, 4.69) is 17.0 Å². The summed E-state index contributed by atoms with van der Waals surface area (Å²) < 4.78 is 10.9. The zero-order chi connectivity index (χ0) is 18.3. The van der Waals surface area contributed by atoms with Crippen LogP contribution >= 0.6 is 0 Å². The SMILES string of the molecule is COc1cc2c(cc1C#N)[C@@H]1Cc3ccc(C#N)c(OC)c3CN1CC2. The Labute approximate surface area is 153 Å². The van der Waals surface area contributed by atoms with Crippen LogP contribution in [0, 0.1) is 22.7 Å². The second kappa shape index (κ2) is 6.37. The molecule has 4 rings (SSSR count). The predicted molar refractivity (Wildman–Crippen MR) is 96.0 cm³/mol. The van der Waals surface area contributed by atoms with E-state index in [4.69, 9.17) is 9.47 Å². The maximum atomic E-state index is 9.44. The van der Waals surface area contributed by atoms with Gasteiger partial charge < -0.3 is 9.47 Å². The lowest BCUT2D eigenvalue weighted by Crippen LogP contribution is -2.39.